The van der Waals surface area contributed by atoms with E-state index in [0.29, 0.717) is 17.4 Å². The Morgan fingerprint density at radius 3 is 2.15 bits per heavy atom. The summed E-state index contributed by atoms with van der Waals surface area (Å²) in [6.07, 6.45) is 2.55. The topological polar surface area (TPSA) is 26.0 Å². The third kappa shape index (κ3) is 0.977. The maximum atomic E-state index is 6.22. The van der Waals surface area contributed by atoms with Crippen LogP contribution in [-0.2, 0) is 0 Å². The molecule has 2 heteroatoms. The highest BCUT2D eigenvalue weighted by atomic mass is 35.5. The first-order chi connectivity index (χ1) is 5.41. The second kappa shape index (κ2) is 2.74. The summed E-state index contributed by atoms with van der Waals surface area (Å²) in [6, 6.07) is 0.361. The molecule has 0 heterocycles. The van der Waals surface area contributed by atoms with Crippen LogP contribution < -0.4 is 5.73 Å². The van der Waals surface area contributed by atoms with Crippen LogP contribution >= 0.6 is 12.4 Å². The van der Waals surface area contributed by atoms with Gasteiger partial charge in [0, 0.05) is 6.04 Å². The van der Waals surface area contributed by atoms with E-state index in [0.717, 1.165) is 0 Å². The van der Waals surface area contributed by atoms with E-state index in [9.17, 15) is 0 Å². The van der Waals surface area contributed by atoms with Crippen molar-refractivity contribution in [1.29, 1.82) is 0 Å². The monoisotopic (exact) mass is 201 g/mol. The highest BCUT2D eigenvalue weighted by Crippen LogP contribution is 2.65. The van der Waals surface area contributed by atoms with Crippen LogP contribution in [0.5, 0.6) is 0 Å². The van der Waals surface area contributed by atoms with Gasteiger partial charge in [0.15, 0.2) is 0 Å². The smallest absolute Gasteiger partial charge is 0.0167 e. The molecule has 2 rings (SSSR count). The Balaban J connectivity index is 0.000000845. The minimum Gasteiger partial charge on any atom is -0.327 e. The zero-order valence-corrected chi connectivity index (χ0v) is 9.58. The molecule has 3 unspecified atom stereocenters. The van der Waals surface area contributed by atoms with Crippen LogP contribution in [0.2, 0.25) is 0 Å². The average molecular weight is 202 g/mol. The van der Waals surface area contributed by atoms with Crippen LogP contribution in [0.15, 0.2) is 12.2 Å². The second-order valence-corrected chi connectivity index (χ2v) is 5.24. The number of hydrogen-bond donors (Lipinski definition) is 1. The van der Waals surface area contributed by atoms with E-state index in [1.165, 1.54) is 18.4 Å². The molecule has 0 radical (unpaired) electrons. The summed E-state index contributed by atoms with van der Waals surface area (Å²) in [4.78, 5) is 0. The van der Waals surface area contributed by atoms with Gasteiger partial charge in [0.05, 0.1) is 0 Å². The molecule has 1 nitrogen and oxygen atoms in total. The Morgan fingerprint density at radius 1 is 1.38 bits per heavy atom. The van der Waals surface area contributed by atoms with Crippen LogP contribution in [0, 0.1) is 16.7 Å². The van der Waals surface area contributed by atoms with Gasteiger partial charge in [0.25, 0.3) is 0 Å². The van der Waals surface area contributed by atoms with E-state index < -0.39 is 0 Å². The van der Waals surface area contributed by atoms with E-state index in [1.54, 1.807) is 0 Å². The van der Waals surface area contributed by atoms with Crippen molar-refractivity contribution in [1.82, 2.24) is 0 Å². The van der Waals surface area contributed by atoms with Gasteiger partial charge >= 0.3 is 0 Å². The third-order valence-electron chi connectivity index (χ3n) is 4.82. The molecule has 2 fully saturated rings. The van der Waals surface area contributed by atoms with Crippen molar-refractivity contribution >= 4 is 12.4 Å². The first kappa shape index (κ1) is 11.1. The zero-order chi connectivity index (χ0) is 9.15. The van der Waals surface area contributed by atoms with Gasteiger partial charge < -0.3 is 5.73 Å². The maximum Gasteiger partial charge on any atom is 0.0167 e. The molecule has 3 atom stereocenters. The van der Waals surface area contributed by atoms with E-state index in [-0.39, 0.29) is 17.8 Å². The van der Waals surface area contributed by atoms with Crippen molar-refractivity contribution in [2.45, 2.75) is 39.7 Å². The zero-order valence-electron chi connectivity index (χ0n) is 8.76. The predicted octanol–water partition coefficient (Wildman–Crippen LogP) is 2.75. The molecule has 0 aliphatic heterocycles. The summed E-state index contributed by atoms with van der Waals surface area (Å²) in [6.45, 7) is 11.1. The molecule has 2 saturated carbocycles. The normalized spacial score (nSPS) is 46.3. The molecule has 76 valence electrons. The van der Waals surface area contributed by atoms with E-state index in [2.05, 4.69) is 27.4 Å². The fraction of sp³-hybridized carbons (Fsp3) is 0.818. The lowest BCUT2D eigenvalue weighted by Crippen LogP contribution is -2.40. The van der Waals surface area contributed by atoms with Crippen LogP contribution in [0.1, 0.15) is 33.6 Å². The summed E-state index contributed by atoms with van der Waals surface area (Å²) in [5, 5.41) is 0. The fourth-order valence-corrected chi connectivity index (χ4v) is 3.20. The van der Waals surface area contributed by atoms with Gasteiger partial charge in [-0.05, 0) is 29.6 Å². The van der Waals surface area contributed by atoms with E-state index >= 15 is 0 Å². The molecular weight excluding hydrogens is 182 g/mol. The largest absolute Gasteiger partial charge is 0.327 e. The Labute approximate surface area is 87.2 Å². The Bertz CT molecular complexity index is 246. The Hall–Kier alpha value is -0.0100. The van der Waals surface area contributed by atoms with Crippen LogP contribution in [0.4, 0.5) is 0 Å². The predicted molar refractivity (Wildman–Crippen MR) is 59.0 cm³/mol. The Kier molecular flexibility index (Phi) is 2.33. The first-order valence-electron chi connectivity index (χ1n) is 4.86. The number of rotatable bonds is 0. The van der Waals surface area contributed by atoms with Crippen molar-refractivity contribution in [3.8, 4) is 0 Å². The highest BCUT2D eigenvalue weighted by Gasteiger charge is 2.61. The fourth-order valence-electron chi connectivity index (χ4n) is 3.20. The molecule has 2 bridgehead atoms. The summed E-state index contributed by atoms with van der Waals surface area (Å²) in [7, 11) is 0. The molecule has 0 aromatic heterocycles. The molecule has 0 spiro atoms. The summed E-state index contributed by atoms with van der Waals surface area (Å²) >= 11 is 0. The molecule has 2 aliphatic carbocycles. The van der Waals surface area contributed by atoms with Gasteiger partial charge in [-0.25, -0.2) is 0 Å². The molecule has 0 amide bonds. The van der Waals surface area contributed by atoms with E-state index in [4.69, 9.17) is 5.73 Å². The lowest BCUT2D eigenvalue weighted by molar-refractivity contribution is 0.142. The SMILES string of the molecule is C=C1C2CCC(C)(C2N)C1(C)C.Cl. The third-order valence-corrected chi connectivity index (χ3v) is 4.82. The van der Waals surface area contributed by atoms with Crippen molar-refractivity contribution in [3.63, 3.8) is 0 Å². The number of halogens is 1. The summed E-state index contributed by atoms with van der Waals surface area (Å²) in [5.74, 6) is 0.602. The number of fused-ring (bicyclic) bond motifs is 2. The molecule has 0 aromatic carbocycles. The molecule has 0 aromatic rings. The van der Waals surface area contributed by atoms with Crippen molar-refractivity contribution < 1.29 is 0 Å². The lowest BCUT2D eigenvalue weighted by Gasteiger charge is -2.41. The minimum absolute atomic E-state index is 0. The highest BCUT2D eigenvalue weighted by molar-refractivity contribution is 5.85. The molecule has 0 saturated heterocycles. The van der Waals surface area contributed by atoms with Crippen LogP contribution in [0.25, 0.3) is 0 Å². The van der Waals surface area contributed by atoms with Gasteiger partial charge in [-0.2, -0.15) is 0 Å². The molecular formula is C11H20ClN. The van der Waals surface area contributed by atoms with Crippen LogP contribution in [-0.4, -0.2) is 6.04 Å². The average Bonchev–Trinajstić information content (AvgIpc) is 2.33. The van der Waals surface area contributed by atoms with Crippen LogP contribution in [0.3, 0.4) is 0 Å². The first-order valence-corrected chi connectivity index (χ1v) is 4.86. The summed E-state index contributed by atoms with van der Waals surface area (Å²) < 4.78 is 0. The van der Waals surface area contributed by atoms with Gasteiger partial charge in [-0.1, -0.05) is 32.9 Å². The number of hydrogen-bond acceptors (Lipinski definition) is 1. The lowest BCUT2D eigenvalue weighted by atomic mass is 9.64. The molecule has 13 heavy (non-hydrogen) atoms. The van der Waals surface area contributed by atoms with Crippen molar-refractivity contribution in [3.05, 3.63) is 12.2 Å². The maximum absolute atomic E-state index is 6.22. The standard InChI is InChI=1S/C11H19N.ClH/c1-7-8-5-6-11(4,9(8)12)10(7,2)3;/h8-9H,1,5-6,12H2,2-4H3;1H. The summed E-state index contributed by atoms with van der Waals surface area (Å²) in [5.41, 5.74) is 8.19. The van der Waals surface area contributed by atoms with Gasteiger partial charge in [0.2, 0.25) is 0 Å². The minimum atomic E-state index is 0. The second-order valence-electron chi connectivity index (χ2n) is 5.24. The Morgan fingerprint density at radius 2 is 1.92 bits per heavy atom. The van der Waals surface area contributed by atoms with E-state index in [1.807, 2.05) is 0 Å². The molecule has 2 aliphatic rings. The van der Waals surface area contributed by atoms with Gasteiger partial charge in [-0.15, -0.1) is 12.4 Å². The van der Waals surface area contributed by atoms with Gasteiger partial charge in [-0.3, -0.25) is 0 Å². The van der Waals surface area contributed by atoms with Crippen molar-refractivity contribution in [2.24, 2.45) is 22.5 Å². The van der Waals surface area contributed by atoms with Gasteiger partial charge in [0.1, 0.15) is 0 Å². The van der Waals surface area contributed by atoms with Crippen molar-refractivity contribution in [2.75, 3.05) is 0 Å². The quantitative estimate of drug-likeness (QED) is 0.600. The molecule has 2 N–H and O–H groups in total. The number of nitrogens with two attached hydrogens (primary N) is 1.